The molecule has 3 aromatic carbocycles. The SMILES string of the molecule is COc1ccc(CC2c3cc(OC)c(OC)cc3CC[N+]2(C)CC(=O)c2ccc(Cl)cc2)cc1OC.[Br-]. The summed E-state index contributed by atoms with van der Waals surface area (Å²) in [5, 5.41) is 0.617. The number of nitrogens with zero attached hydrogens (tertiary/aromatic N) is 1. The average molecular weight is 591 g/mol. The number of halogens is 2. The summed E-state index contributed by atoms with van der Waals surface area (Å²) in [6, 6.07) is 17.3. The minimum Gasteiger partial charge on any atom is -1.00 e. The van der Waals surface area contributed by atoms with E-state index in [2.05, 4.69) is 25.2 Å². The van der Waals surface area contributed by atoms with Crippen LogP contribution in [-0.2, 0) is 12.8 Å². The van der Waals surface area contributed by atoms with E-state index in [4.69, 9.17) is 30.5 Å². The van der Waals surface area contributed by atoms with Crippen LogP contribution in [0, 0.1) is 0 Å². The van der Waals surface area contributed by atoms with Gasteiger partial charge in [0.25, 0.3) is 0 Å². The lowest BCUT2D eigenvalue weighted by atomic mass is 9.85. The van der Waals surface area contributed by atoms with Gasteiger partial charge in [0.2, 0.25) is 5.78 Å². The van der Waals surface area contributed by atoms with E-state index in [-0.39, 0.29) is 28.8 Å². The third kappa shape index (κ3) is 6.06. The Morgan fingerprint density at radius 3 is 2.08 bits per heavy atom. The van der Waals surface area contributed by atoms with Crippen molar-refractivity contribution in [3.05, 3.63) is 81.9 Å². The number of hydrogen-bond donors (Lipinski definition) is 0. The topological polar surface area (TPSA) is 54.0 Å². The van der Waals surface area contributed by atoms with Gasteiger partial charge in [-0.25, -0.2) is 0 Å². The fourth-order valence-corrected chi connectivity index (χ4v) is 5.26. The number of fused-ring (bicyclic) bond motifs is 1. The zero-order valence-corrected chi connectivity index (χ0v) is 24.2. The second-order valence-electron chi connectivity index (χ2n) is 9.36. The molecular weight excluding hydrogens is 558 g/mol. The molecule has 0 N–H and O–H groups in total. The number of ether oxygens (including phenoxy) is 4. The van der Waals surface area contributed by atoms with Crippen molar-refractivity contribution in [1.29, 1.82) is 0 Å². The first-order chi connectivity index (χ1) is 17.3. The molecule has 0 saturated heterocycles. The lowest BCUT2D eigenvalue weighted by Crippen LogP contribution is -3.00. The Morgan fingerprint density at radius 1 is 0.865 bits per heavy atom. The van der Waals surface area contributed by atoms with Crippen molar-refractivity contribution in [3.63, 3.8) is 0 Å². The summed E-state index contributed by atoms with van der Waals surface area (Å²) >= 11 is 6.05. The van der Waals surface area contributed by atoms with Crippen molar-refractivity contribution in [2.45, 2.75) is 18.9 Å². The summed E-state index contributed by atoms with van der Waals surface area (Å²) in [7, 11) is 8.73. The van der Waals surface area contributed by atoms with Gasteiger partial charge in [0, 0.05) is 29.0 Å². The summed E-state index contributed by atoms with van der Waals surface area (Å²) in [4.78, 5) is 13.4. The van der Waals surface area contributed by atoms with E-state index in [9.17, 15) is 4.79 Å². The van der Waals surface area contributed by atoms with Crippen LogP contribution in [0.15, 0.2) is 54.6 Å². The Labute approximate surface area is 234 Å². The lowest BCUT2D eigenvalue weighted by Gasteiger charge is -2.45. The van der Waals surface area contributed by atoms with Gasteiger partial charge in [-0.3, -0.25) is 4.79 Å². The second-order valence-corrected chi connectivity index (χ2v) is 9.79. The first kappa shape index (κ1) is 28.8. The molecule has 0 bridgehead atoms. The normalized spacial score (nSPS) is 18.3. The maximum Gasteiger partial charge on any atom is 0.216 e. The summed E-state index contributed by atoms with van der Waals surface area (Å²) in [6.45, 7) is 1.19. The largest absolute Gasteiger partial charge is 1.00 e. The minimum atomic E-state index is 0. The highest BCUT2D eigenvalue weighted by Gasteiger charge is 2.41. The summed E-state index contributed by atoms with van der Waals surface area (Å²) in [5.74, 6) is 2.87. The number of carbonyl (C=O) groups excluding carboxylic acids is 1. The molecule has 0 aliphatic carbocycles. The van der Waals surface area contributed by atoms with Gasteiger partial charge < -0.3 is 40.4 Å². The molecule has 0 spiro atoms. The highest BCUT2D eigenvalue weighted by atomic mass is 79.9. The summed E-state index contributed by atoms with van der Waals surface area (Å²) in [6.07, 6.45) is 1.55. The number of methoxy groups -OCH3 is 4. The molecule has 1 heterocycles. The van der Waals surface area contributed by atoms with Gasteiger partial charge in [-0.1, -0.05) is 17.7 Å². The molecular formula is C29H33BrClNO5. The molecule has 0 fully saturated rings. The molecule has 1 aliphatic rings. The third-order valence-electron chi connectivity index (χ3n) is 7.20. The Kier molecular flexibility index (Phi) is 9.51. The molecule has 2 atom stereocenters. The first-order valence-electron chi connectivity index (χ1n) is 11.9. The number of rotatable bonds is 9. The van der Waals surface area contributed by atoms with Crippen LogP contribution in [0.3, 0.4) is 0 Å². The standard InChI is InChI=1S/C29H33ClNO5.BrH/c1-31(18-25(32)20-7-9-22(30)10-8-20)13-12-21-16-28(35-4)29(36-5)17-23(21)24(31)14-19-6-11-26(33-2)27(15-19)34-3;/h6-11,15-17,24H,12-14,18H2,1-5H3;1H/q+1;/p-1. The van der Waals surface area contributed by atoms with Crippen molar-refractivity contribution in [1.82, 2.24) is 0 Å². The highest BCUT2D eigenvalue weighted by molar-refractivity contribution is 6.30. The molecule has 2 unspecified atom stereocenters. The third-order valence-corrected chi connectivity index (χ3v) is 7.45. The van der Waals surface area contributed by atoms with Crippen LogP contribution in [0.5, 0.6) is 23.0 Å². The van der Waals surface area contributed by atoms with Gasteiger partial charge >= 0.3 is 0 Å². The van der Waals surface area contributed by atoms with E-state index in [1.807, 2.05) is 12.1 Å². The molecule has 0 saturated carbocycles. The Balaban J connectivity index is 0.00000380. The van der Waals surface area contributed by atoms with E-state index < -0.39 is 0 Å². The van der Waals surface area contributed by atoms with Crippen molar-refractivity contribution >= 4 is 17.4 Å². The van der Waals surface area contributed by atoms with Gasteiger partial charge in [-0.05, 0) is 59.7 Å². The lowest BCUT2D eigenvalue weighted by molar-refractivity contribution is -0.933. The Bertz CT molecular complexity index is 1250. The zero-order chi connectivity index (χ0) is 25.9. The van der Waals surface area contributed by atoms with E-state index in [0.717, 1.165) is 24.3 Å². The number of benzene rings is 3. The van der Waals surface area contributed by atoms with Crippen molar-refractivity contribution in [2.24, 2.45) is 0 Å². The molecule has 0 radical (unpaired) electrons. The van der Waals surface area contributed by atoms with Gasteiger partial charge in [-0.2, -0.15) is 0 Å². The van der Waals surface area contributed by atoms with E-state index in [1.54, 1.807) is 52.7 Å². The van der Waals surface area contributed by atoms with Gasteiger partial charge in [-0.15, -0.1) is 0 Å². The fraction of sp³-hybridized carbons (Fsp3) is 0.345. The van der Waals surface area contributed by atoms with Gasteiger partial charge in [0.05, 0.1) is 42.0 Å². The molecule has 0 aromatic heterocycles. The number of likely N-dealkylation sites (N-methyl/N-ethyl adjacent to an activating group) is 1. The smallest absolute Gasteiger partial charge is 0.216 e. The van der Waals surface area contributed by atoms with Crippen LogP contribution in [0.25, 0.3) is 0 Å². The van der Waals surface area contributed by atoms with Crippen LogP contribution < -0.4 is 35.9 Å². The molecule has 3 aromatic rings. The molecule has 1 aliphatic heterocycles. The Hall–Kier alpha value is -2.74. The average Bonchev–Trinajstić information content (AvgIpc) is 2.89. The molecule has 6 nitrogen and oxygen atoms in total. The van der Waals surface area contributed by atoms with Crippen molar-refractivity contribution < 1.29 is 45.2 Å². The zero-order valence-electron chi connectivity index (χ0n) is 21.8. The fourth-order valence-electron chi connectivity index (χ4n) is 5.14. The molecule has 4 rings (SSSR count). The van der Waals surface area contributed by atoms with E-state index in [0.29, 0.717) is 45.3 Å². The van der Waals surface area contributed by atoms with Crippen LogP contribution >= 0.6 is 11.6 Å². The molecule has 8 heteroatoms. The quantitative estimate of drug-likeness (QED) is 0.283. The van der Waals surface area contributed by atoms with Crippen LogP contribution in [-0.4, -0.2) is 58.8 Å². The number of carbonyl (C=O) groups is 1. The first-order valence-corrected chi connectivity index (χ1v) is 12.3. The van der Waals surface area contributed by atoms with E-state index in [1.165, 1.54) is 11.1 Å². The number of ketones is 1. The van der Waals surface area contributed by atoms with Crippen molar-refractivity contribution in [3.8, 4) is 23.0 Å². The van der Waals surface area contributed by atoms with Gasteiger partial charge in [0.15, 0.2) is 23.0 Å². The monoisotopic (exact) mass is 589 g/mol. The van der Waals surface area contributed by atoms with Gasteiger partial charge in [0.1, 0.15) is 12.6 Å². The highest BCUT2D eigenvalue weighted by Crippen LogP contribution is 2.43. The maximum atomic E-state index is 13.4. The number of Topliss-reactive ketones (excluding diaryl/α,β-unsaturated/α-hetero) is 1. The maximum absolute atomic E-state index is 13.4. The van der Waals surface area contributed by atoms with Crippen LogP contribution in [0.1, 0.15) is 33.1 Å². The van der Waals surface area contributed by atoms with E-state index >= 15 is 0 Å². The molecule has 37 heavy (non-hydrogen) atoms. The van der Waals surface area contributed by atoms with Crippen LogP contribution in [0.4, 0.5) is 0 Å². The second kappa shape index (κ2) is 12.2. The van der Waals surface area contributed by atoms with Crippen molar-refractivity contribution in [2.75, 3.05) is 48.6 Å². The molecule has 0 amide bonds. The summed E-state index contributed by atoms with van der Waals surface area (Å²) in [5.41, 5.74) is 4.15. The minimum absolute atomic E-state index is 0. The molecule has 198 valence electrons. The Morgan fingerprint density at radius 2 is 1.46 bits per heavy atom. The predicted molar refractivity (Wildman–Crippen MR) is 141 cm³/mol. The summed E-state index contributed by atoms with van der Waals surface area (Å²) < 4.78 is 22.8. The number of hydrogen-bond acceptors (Lipinski definition) is 5. The van der Waals surface area contributed by atoms with Crippen LogP contribution in [0.2, 0.25) is 5.02 Å². The predicted octanol–water partition coefficient (Wildman–Crippen LogP) is 2.55. The number of quaternary nitrogens is 1.